The number of ether oxygens (including phenoxy) is 1. The van der Waals surface area contributed by atoms with E-state index in [1.165, 1.54) is 0 Å². The van der Waals surface area contributed by atoms with E-state index in [-0.39, 0.29) is 18.4 Å². The molecule has 0 fully saturated rings. The third-order valence-electron chi connectivity index (χ3n) is 5.61. The average molecular weight is 479 g/mol. The number of rotatable bonds is 11. The Morgan fingerprint density at radius 3 is 2.35 bits per heavy atom. The Bertz CT molecular complexity index is 1090. The van der Waals surface area contributed by atoms with Crippen LogP contribution in [-0.2, 0) is 22.6 Å². The molecule has 5 nitrogen and oxygen atoms in total. The first-order valence-electron chi connectivity index (χ1n) is 11.5. The minimum absolute atomic E-state index is 0.176. The first-order chi connectivity index (χ1) is 16.5. The highest BCUT2D eigenvalue weighted by atomic mass is 35.5. The van der Waals surface area contributed by atoms with E-state index < -0.39 is 6.04 Å². The van der Waals surface area contributed by atoms with E-state index in [1.807, 2.05) is 68.4 Å². The molecule has 34 heavy (non-hydrogen) atoms. The van der Waals surface area contributed by atoms with Gasteiger partial charge in [-0.3, -0.25) is 9.59 Å². The molecule has 3 aromatic rings. The van der Waals surface area contributed by atoms with E-state index in [0.29, 0.717) is 30.3 Å². The summed E-state index contributed by atoms with van der Waals surface area (Å²) in [5.41, 5.74) is 3.02. The molecule has 0 saturated heterocycles. The molecule has 3 aromatic carbocycles. The summed E-state index contributed by atoms with van der Waals surface area (Å²) in [5.74, 6) is -0.0236. The van der Waals surface area contributed by atoms with Gasteiger partial charge in [0.15, 0.2) is 6.61 Å². The third-order valence-corrected chi connectivity index (χ3v) is 5.92. The standard InChI is InChI=1S/C28H31ClN2O3/c1-3-17-30-28(33)25(18-22-12-5-4-6-13-22)31(19-23-14-8-7-11-21(23)2)27(32)20-34-26-16-10-9-15-24(26)29/h4-16,25H,3,17-20H2,1-2H3,(H,30,33)/t25-/m0/s1. The third kappa shape index (κ3) is 7.09. The molecular formula is C28H31ClN2O3. The van der Waals surface area contributed by atoms with Gasteiger partial charge in [-0.25, -0.2) is 0 Å². The molecule has 1 atom stereocenters. The lowest BCUT2D eigenvalue weighted by molar-refractivity contribution is -0.142. The zero-order chi connectivity index (χ0) is 24.3. The summed E-state index contributed by atoms with van der Waals surface area (Å²) < 4.78 is 5.75. The van der Waals surface area contributed by atoms with Crippen molar-refractivity contribution < 1.29 is 14.3 Å². The maximum absolute atomic E-state index is 13.5. The number of hydrogen-bond donors (Lipinski definition) is 1. The average Bonchev–Trinajstić information content (AvgIpc) is 2.85. The summed E-state index contributed by atoms with van der Waals surface area (Å²) in [6.45, 7) is 4.63. The predicted octanol–water partition coefficient (Wildman–Crippen LogP) is 5.19. The lowest BCUT2D eigenvalue weighted by Gasteiger charge is -2.32. The number of carbonyl (C=O) groups is 2. The van der Waals surface area contributed by atoms with Crippen LogP contribution < -0.4 is 10.1 Å². The van der Waals surface area contributed by atoms with Crippen LogP contribution in [0.5, 0.6) is 5.75 Å². The SMILES string of the molecule is CCCNC(=O)[C@H](Cc1ccccc1)N(Cc1ccccc1C)C(=O)COc1ccccc1Cl. The van der Waals surface area contributed by atoms with E-state index in [9.17, 15) is 9.59 Å². The molecule has 6 heteroatoms. The molecule has 0 saturated carbocycles. The molecule has 2 amide bonds. The second-order valence-electron chi connectivity index (χ2n) is 8.16. The van der Waals surface area contributed by atoms with Crippen molar-refractivity contribution in [2.24, 2.45) is 0 Å². The smallest absolute Gasteiger partial charge is 0.261 e. The molecule has 0 aromatic heterocycles. The van der Waals surface area contributed by atoms with Crippen molar-refractivity contribution >= 4 is 23.4 Å². The Morgan fingerprint density at radius 1 is 0.971 bits per heavy atom. The fraction of sp³-hybridized carbons (Fsp3) is 0.286. The Balaban J connectivity index is 1.91. The van der Waals surface area contributed by atoms with Crippen LogP contribution in [0.4, 0.5) is 0 Å². The maximum Gasteiger partial charge on any atom is 0.261 e. The molecule has 0 spiro atoms. The Morgan fingerprint density at radius 2 is 1.65 bits per heavy atom. The van der Waals surface area contributed by atoms with Crippen molar-refractivity contribution in [3.8, 4) is 5.75 Å². The van der Waals surface area contributed by atoms with Crippen LogP contribution in [0, 0.1) is 6.92 Å². The molecule has 3 rings (SSSR count). The Labute approximate surface area is 206 Å². The number of nitrogens with zero attached hydrogens (tertiary/aromatic N) is 1. The van der Waals surface area contributed by atoms with Gasteiger partial charge >= 0.3 is 0 Å². The van der Waals surface area contributed by atoms with Gasteiger partial charge in [0.1, 0.15) is 11.8 Å². The second kappa shape index (κ2) is 12.8. The zero-order valence-corrected chi connectivity index (χ0v) is 20.4. The van der Waals surface area contributed by atoms with Crippen molar-refractivity contribution in [1.29, 1.82) is 0 Å². The van der Waals surface area contributed by atoms with Gasteiger partial charge in [-0.05, 0) is 42.2 Å². The number of benzene rings is 3. The van der Waals surface area contributed by atoms with Crippen LogP contribution in [0.25, 0.3) is 0 Å². The van der Waals surface area contributed by atoms with Gasteiger partial charge in [0.2, 0.25) is 5.91 Å². The molecule has 0 aliphatic carbocycles. The number of amides is 2. The summed E-state index contributed by atoms with van der Waals surface area (Å²) in [4.78, 5) is 28.4. The number of carbonyl (C=O) groups excluding carboxylic acids is 2. The highest BCUT2D eigenvalue weighted by Gasteiger charge is 2.30. The van der Waals surface area contributed by atoms with Crippen LogP contribution >= 0.6 is 11.6 Å². The van der Waals surface area contributed by atoms with E-state index in [1.54, 1.807) is 29.2 Å². The molecular weight excluding hydrogens is 448 g/mol. The highest BCUT2D eigenvalue weighted by Crippen LogP contribution is 2.24. The largest absolute Gasteiger partial charge is 0.482 e. The molecule has 0 heterocycles. The lowest BCUT2D eigenvalue weighted by atomic mass is 10.0. The van der Waals surface area contributed by atoms with Crippen molar-refractivity contribution in [3.05, 3.63) is 101 Å². The van der Waals surface area contributed by atoms with E-state index >= 15 is 0 Å². The molecule has 0 aliphatic rings. The monoisotopic (exact) mass is 478 g/mol. The number of para-hydroxylation sites is 1. The topological polar surface area (TPSA) is 58.6 Å². The number of nitrogens with one attached hydrogen (secondary N) is 1. The summed E-state index contributed by atoms with van der Waals surface area (Å²) in [6.07, 6.45) is 1.21. The van der Waals surface area contributed by atoms with Crippen LogP contribution in [-0.4, -0.2) is 35.9 Å². The van der Waals surface area contributed by atoms with Crippen molar-refractivity contribution in [2.75, 3.05) is 13.2 Å². The van der Waals surface area contributed by atoms with E-state index in [0.717, 1.165) is 23.1 Å². The quantitative estimate of drug-likeness (QED) is 0.412. The van der Waals surface area contributed by atoms with Gasteiger partial charge in [0, 0.05) is 19.5 Å². The van der Waals surface area contributed by atoms with E-state index in [4.69, 9.17) is 16.3 Å². The minimum Gasteiger partial charge on any atom is -0.482 e. The summed E-state index contributed by atoms with van der Waals surface area (Å²) >= 11 is 6.20. The van der Waals surface area contributed by atoms with Crippen LogP contribution in [0.1, 0.15) is 30.0 Å². The molecule has 0 aliphatic heterocycles. The zero-order valence-electron chi connectivity index (χ0n) is 19.7. The predicted molar refractivity (Wildman–Crippen MR) is 136 cm³/mol. The van der Waals surface area contributed by atoms with Crippen LogP contribution in [0.3, 0.4) is 0 Å². The van der Waals surface area contributed by atoms with Crippen molar-refractivity contribution in [2.45, 2.75) is 39.3 Å². The Hall–Kier alpha value is -3.31. The van der Waals surface area contributed by atoms with Crippen LogP contribution in [0.2, 0.25) is 5.02 Å². The normalized spacial score (nSPS) is 11.5. The first-order valence-corrected chi connectivity index (χ1v) is 11.9. The molecule has 0 radical (unpaired) electrons. The van der Waals surface area contributed by atoms with Gasteiger partial charge in [-0.15, -0.1) is 0 Å². The fourth-order valence-corrected chi connectivity index (χ4v) is 3.87. The number of halogens is 1. The molecule has 0 unspecified atom stereocenters. The minimum atomic E-state index is -0.684. The van der Waals surface area contributed by atoms with Crippen LogP contribution in [0.15, 0.2) is 78.9 Å². The summed E-state index contributed by atoms with van der Waals surface area (Å²) in [6, 6.07) is 24.0. The highest BCUT2D eigenvalue weighted by molar-refractivity contribution is 6.32. The number of hydrogen-bond acceptors (Lipinski definition) is 3. The van der Waals surface area contributed by atoms with E-state index in [2.05, 4.69) is 5.32 Å². The molecule has 1 N–H and O–H groups in total. The molecule has 0 bridgehead atoms. The maximum atomic E-state index is 13.5. The van der Waals surface area contributed by atoms with Crippen molar-refractivity contribution in [1.82, 2.24) is 10.2 Å². The van der Waals surface area contributed by atoms with Gasteiger partial charge in [0.25, 0.3) is 5.91 Å². The molecule has 178 valence electrons. The van der Waals surface area contributed by atoms with Gasteiger partial charge in [0.05, 0.1) is 5.02 Å². The first kappa shape index (κ1) is 25.3. The fourth-order valence-electron chi connectivity index (χ4n) is 3.68. The second-order valence-corrected chi connectivity index (χ2v) is 8.57. The summed E-state index contributed by atoms with van der Waals surface area (Å²) in [5, 5.41) is 3.41. The van der Waals surface area contributed by atoms with Gasteiger partial charge < -0.3 is 15.0 Å². The summed E-state index contributed by atoms with van der Waals surface area (Å²) in [7, 11) is 0. The van der Waals surface area contributed by atoms with Gasteiger partial charge in [-0.2, -0.15) is 0 Å². The lowest BCUT2D eigenvalue weighted by Crippen LogP contribution is -2.51. The van der Waals surface area contributed by atoms with Crippen molar-refractivity contribution in [3.63, 3.8) is 0 Å². The number of aryl methyl sites for hydroxylation is 1. The van der Waals surface area contributed by atoms with Gasteiger partial charge in [-0.1, -0.05) is 85.3 Å². The Kier molecular flexibility index (Phi) is 9.53.